The van der Waals surface area contributed by atoms with Crippen LogP contribution in [0, 0.1) is 0 Å². The number of hydrogen-bond donors (Lipinski definition) is 1. The fourth-order valence-corrected chi connectivity index (χ4v) is 2.13. The first kappa shape index (κ1) is 13.1. The van der Waals surface area contributed by atoms with E-state index in [0.717, 1.165) is 22.5 Å². The van der Waals surface area contributed by atoms with Gasteiger partial charge in [0.2, 0.25) is 0 Å². The summed E-state index contributed by atoms with van der Waals surface area (Å²) in [7, 11) is 1.37. The predicted octanol–water partition coefficient (Wildman–Crippen LogP) is 2.93. The van der Waals surface area contributed by atoms with Gasteiger partial charge in [0.15, 0.2) is 0 Å². The molecule has 2 heterocycles. The third-order valence-corrected chi connectivity index (χ3v) is 3.17. The van der Waals surface area contributed by atoms with Gasteiger partial charge in [-0.2, -0.15) is 0 Å². The molecular formula is C16H13N3O2. The van der Waals surface area contributed by atoms with Crippen LogP contribution >= 0.6 is 0 Å². The number of imidazole rings is 1. The Labute approximate surface area is 121 Å². The fourth-order valence-electron chi connectivity index (χ4n) is 2.13. The number of nitrogens with zero attached hydrogens (tertiary/aromatic N) is 2. The van der Waals surface area contributed by atoms with Crippen LogP contribution in [0.25, 0.3) is 22.5 Å². The Hall–Kier alpha value is -2.95. The number of ether oxygens (including phenoxy) is 1. The summed E-state index contributed by atoms with van der Waals surface area (Å²) in [5, 5.41) is 0. The summed E-state index contributed by atoms with van der Waals surface area (Å²) in [5.74, 6) is -0.348. The molecule has 1 N–H and O–H groups in total. The highest BCUT2D eigenvalue weighted by atomic mass is 16.5. The van der Waals surface area contributed by atoms with Gasteiger partial charge in [0.05, 0.1) is 30.4 Å². The summed E-state index contributed by atoms with van der Waals surface area (Å²) < 4.78 is 4.69. The van der Waals surface area contributed by atoms with Gasteiger partial charge in [-0.15, -0.1) is 0 Å². The molecular weight excluding hydrogens is 266 g/mol. The molecule has 0 bridgehead atoms. The van der Waals surface area contributed by atoms with E-state index in [2.05, 4.69) is 15.0 Å². The third kappa shape index (κ3) is 2.53. The van der Waals surface area contributed by atoms with E-state index in [0.29, 0.717) is 5.56 Å². The van der Waals surface area contributed by atoms with E-state index in [1.54, 1.807) is 30.9 Å². The van der Waals surface area contributed by atoms with Crippen LogP contribution in [0.2, 0.25) is 0 Å². The number of rotatable bonds is 3. The zero-order valence-electron chi connectivity index (χ0n) is 11.4. The summed E-state index contributed by atoms with van der Waals surface area (Å²) >= 11 is 0. The quantitative estimate of drug-likeness (QED) is 0.748. The predicted molar refractivity (Wildman–Crippen MR) is 78.6 cm³/mol. The van der Waals surface area contributed by atoms with Crippen molar-refractivity contribution in [3.63, 3.8) is 0 Å². The molecule has 3 aromatic rings. The number of hydrogen-bond acceptors (Lipinski definition) is 4. The lowest BCUT2D eigenvalue weighted by atomic mass is 10.0. The summed E-state index contributed by atoms with van der Waals surface area (Å²) in [6, 6.07) is 11.0. The van der Waals surface area contributed by atoms with Crippen molar-refractivity contribution in [1.82, 2.24) is 15.0 Å². The lowest BCUT2D eigenvalue weighted by Gasteiger charge is -2.04. The number of aromatic amines is 1. The molecule has 21 heavy (non-hydrogen) atoms. The maximum Gasteiger partial charge on any atom is 0.337 e. The fraction of sp³-hybridized carbons (Fsp3) is 0.0625. The van der Waals surface area contributed by atoms with Crippen LogP contribution in [0.3, 0.4) is 0 Å². The molecule has 1 aromatic carbocycles. The lowest BCUT2D eigenvalue weighted by Crippen LogP contribution is -2.00. The molecule has 0 saturated heterocycles. The van der Waals surface area contributed by atoms with E-state index in [4.69, 9.17) is 4.74 Å². The number of esters is 1. The summed E-state index contributed by atoms with van der Waals surface area (Å²) in [6.07, 6.45) is 5.13. The van der Waals surface area contributed by atoms with Crippen LogP contribution in [-0.4, -0.2) is 28.0 Å². The van der Waals surface area contributed by atoms with Gasteiger partial charge in [-0.25, -0.2) is 9.78 Å². The highest BCUT2D eigenvalue weighted by Crippen LogP contribution is 2.28. The Balaban J connectivity index is 1.99. The monoisotopic (exact) mass is 279 g/mol. The Morgan fingerprint density at radius 3 is 2.62 bits per heavy atom. The van der Waals surface area contributed by atoms with Crippen LogP contribution in [0.5, 0.6) is 0 Å². The molecule has 5 heteroatoms. The first-order chi connectivity index (χ1) is 10.3. The molecule has 0 spiro atoms. The van der Waals surface area contributed by atoms with Crippen LogP contribution < -0.4 is 0 Å². The first-order valence-corrected chi connectivity index (χ1v) is 6.42. The largest absolute Gasteiger partial charge is 0.465 e. The molecule has 5 nitrogen and oxygen atoms in total. The Morgan fingerprint density at radius 2 is 1.95 bits per heavy atom. The van der Waals surface area contributed by atoms with E-state index < -0.39 is 0 Å². The van der Waals surface area contributed by atoms with Gasteiger partial charge in [0.25, 0.3) is 0 Å². The minimum atomic E-state index is -0.348. The van der Waals surface area contributed by atoms with Crippen molar-refractivity contribution in [3.05, 3.63) is 60.7 Å². The molecule has 0 radical (unpaired) electrons. The molecule has 0 atom stereocenters. The average Bonchev–Trinajstić information content (AvgIpc) is 3.04. The van der Waals surface area contributed by atoms with Gasteiger partial charge >= 0.3 is 5.97 Å². The van der Waals surface area contributed by atoms with Crippen molar-refractivity contribution in [2.24, 2.45) is 0 Å². The number of nitrogens with one attached hydrogen (secondary N) is 1. The van der Waals surface area contributed by atoms with Crippen LogP contribution in [0.1, 0.15) is 10.4 Å². The van der Waals surface area contributed by atoms with E-state index in [9.17, 15) is 4.79 Å². The normalized spacial score (nSPS) is 10.3. The van der Waals surface area contributed by atoms with Gasteiger partial charge < -0.3 is 9.72 Å². The number of carbonyl (C=O) groups is 1. The summed E-state index contributed by atoms with van der Waals surface area (Å²) in [6.45, 7) is 0. The van der Waals surface area contributed by atoms with Gasteiger partial charge in [-0.1, -0.05) is 12.1 Å². The molecule has 0 fully saturated rings. The Morgan fingerprint density at radius 1 is 1.14 bits per heavy atom. The van der Waals surface area contributed by atoms with E-state index in [1.165, 1.54) is 7.11 Å². The molecule has 3 rings (SSSR count). The number of aromatic nitrogens is 3. The van der Waals surface area contributed by atoms with E-state index in [-0.39, 0.29) is 5.97 Å². The number of benzene rings is 1. The second kappa shape index (κ2) is 5.58. The van der Waals surface area contributed by atoms with Gasteiger partial charge in [-0.3, -0.25) is 4.98 Å². The maximum atomic E-state index is 11.4. The SMILES string of the molecule is COC(=O)c1ccc(-c2[nH]cnc2-c2cccnc2)cc1. The minimum Gasteiger partial charge on any atom is -0.465 e. The van der Waals surface area contributed by atoms with Crippen molar-refractivity contribution in [2.45, 2.75) is 0 Å². The third-order valence-electron chi connectivity index (χ3n) is 3.17. The van der Waals surface area contributed by atoms with Gasteiger partial charge in [0.1, 0.15) is 0 Å². The summed E-state index contributed by atoms with van der Waals surface area (Å²) in [5.41, 5.74) is 4.11. The van der Waals surface area contributed by atoms with Crippen molar-refractivity contribution in [3.8, 4) is 22.5 Å². The molecule has 0 amide bonds. The number of H-pyrrole nitrogens is 1. The maximum absolute atomic E-state index is 11.4. The molecule has 104 valence electrons. The number of carbonyl (C=O) groups excluding carboxylic acids is 1. The highest BCUT2D eigenvalue weighted by molar-refractivity contribution is 5.90. The zero-order chi connectivity index (χ0) is 14.7. The van der Waals surface area contributed by atoms with Crippen LogP contribution in [0.4, 0.5) is 0 Å². The Bertz CT molecular complexity index is 749. The van der Waals surface area contributed by atoms with Crippen LogP contribution in [0.15, 0.2) is 55.1 Å². The molecule has 0 saturated carbocycles. The molecule has 0 aliphatic carbocycles. The van der Waals surface area contributed by atoms with Crippen LogP contribution in [-0.2, 0) is 4.74 Å². The lowest BCUT2D eigenvalue weighted by molar-refractivity contribution is 0.0601. The first-order valence-electron chi connectivity index (χ1n) is 6.42. The van der Waals surface area contributed by atoms with E-state index in [1.807, 2.05) is 24.3 Å². The van der Waals surface area contributed by atoms with Crippen molar-refractivity contribution in [2.75, 3.05) is 7.11 Å². The zero-order valence-corrected chi connectivity index (χ0v) is 11.4. The molecule has 0 unspecified atom stereocenters. The number of methoxy groups -OCH3 is 1. The second-order valence-corrected chi connectivity index (χ2v) is 4.44. The van der Waals surface area contributed by atoms with Gasteiger partial charge in [-0.05, 0) is 24.3 Å². The minimum absolute atomic E-state index is 0.348. The molecule has 0 aliphatic heterocycles. The Kier molecular flexibility index (Phi) is 3.47. The highest BCUT2D eigenvalue weighted by Gasteiger charge is 2.11. The second-order valence-electron chi connectivity index (χ2n) is 4.44. The van der Waals surface area contributed by atoms with Crippen molar-refractivity contribution in [1.29, 1.82) is 0 Å². The number of pyridine rings is 1. The van der Waals surface area contributed by atoms with Crippen molar-refractivity contribution >= 4 is 5.97 Å². The topological polar surface area (TPSA) is 67.9 Å². The molecule has 2 aromatic heterocycles. The smallest absolute Gasteiger partial charge is 0.337 e. The van der Waals surface area contributed by atoms with E-state index >= 15 is 0 Å². The molecule has 0 aliphatic rings. The standard InChI is InChI=1S/C16H13N3O2/c1-21-16(20)12-6-4-11(5-7-12)14-15(19-10-18-14)13-3-2-8-17-9-13/h2-10H,1H3,(H,18,19). The van der Waals surface area contributed by atoms with Gasteiger partial charge in [0, 0.05) is 23.5 Å². The van der Waals surface area contributed by atoms with Crippen molar-refractivity contribution < 1.29 is 9.53 Å². The summed E-state index contributed by atoms with van der Waals surface area (Å²) in [4.78, 5) is 23.0. The average molecular weight is 279 g/mol.